The van der Waals surface area contributed by atoms with Crippen molar-refractivity contribution in [3.05, 3.63) is 35.9 Å². The van der Waals surface area contributed by atoms with E-state index >= 15 is 0 Å². The number of hydrogen-bond donors (Lipinski definition) is 4. The Morgan fingerprint density at radius 3 is 2.74 bits per heavy atom. The number of piperidine rings is 1. The Kier molecular flexibility index (Phi) is 6.28. The summed E-state index contributed by atoms with van der Waals surface area (Å²) in [5.41, 5.74) is 8.28. The second-order valence-electron chi connectivity index (χ2n) is 8.91. The van der Waals surface area contributed by atoms with Crippen LogP contribution in [0.4, 0.5) is 26.4 Å². The number of rotatable bonds is 3. The van der Waals surface area contributed by atoms with Crippen LogP contribution in [-0.2, 0) is 0 Å². The van der Waals surface area contributed by atoms with Crippen molar-refractivity contribution in [2.45, 2.75) is 13.3 Å². The molecule has 0 bridgehead atoms. The van der Waals surface area contributed by atoms with E-state index in [1.807, 2.05) is 18.9 Å². The van der Waals surface area contributed by atoms with Crippen LogP contribution in [0.15, 0.2) is 24.5 Å². The fourth-order valence-corrected chi connectivity index (χ4v) is 5.35. The lowest BCUT2D eigenvalue weighted by molar-refractivity contribution is 0.209. The van der Waals surface area contributed by atoms with Gasteiger partial charge >= 0.3 is 6.09 Å². The number of carbonyl (C=O) groups is 1. The maximum atomic E-state index is 15.0. The van der Waals surface area contributed by atoms with E-state index in [0.717, 1.165) is 23.1 Å². The van der Waals surface area contributed by atoms with Gasteiger partial charge in [0, 0.05) is 48.5 Å². The standard InChI is InChI=1S/C18H16FN5O3.C6H11NS/c1-8-11(6-23-17-16(8)21-2-3-27-17)10-4-9-5-13(24-18(25)26)22-7-12(9)15(20)14(10)19;1-8-7-3-5-2-6(5)4-7/h4-7,21H,2-3,20H2,1H3,(H,22,24)(H,25,26);5-6H,2-4H2,1H3. The molecule has 9 nitrogen and oxygen atoms in total. The highest BCUT2D eigenvalue weighted by Crippen LogP contribution is 2.46. The molecule has 1 aromatic carbocycles. The first-order chi connectivity index (χ1) is 16.9. The third-order valence-corrected chi connectivity index (χ3v) is 7.49. The molecule has 3 aromatic rings. The summed E-state index contributed by atoms with van der Waals surface area (Å²) in [5, 5.41) is 15.2. The largest absolute Gasteiger partial charge is 0.474 e. The van der Waals surface area contributed by atoms with Crippen molar-refractivity contribution < 1.29 is 19.0 Å². The number of fused-ring (bicyclic) bond motifs is 3. The van der Waals surface area contributed by atoms with Gasteiger partial charge in [0.05, 0.1) is 5.69 Å². The van der Waals surface area contributed by atoms with Gasteiger partial charge in [0.15, 0.2) is 5.82 Å². The highest BCUT2D eigenvalue weighted by molar-refractivity contribution is 7.96. The molecule has 1 saturated carbocycles. The molecule has 3 aliphatic rings. The van der Waals surface area contributed by atoms with Crippen molar-refractivity contribution in [2.24, 2.45) is 11.8 Å². The maximum Gasteiger partial charge on any atom is 0.410 e. The number of nitrogens with one attached hydrogen (secondary N) is 2. The minimum Gasteiger partial charge on any atom is -0.474 e. The fourth-order valence-electron chi connectivity index (χ4n) is 4.67. The number of ether oxygens (including phenoxy) is 1. The van der Waals surface area contributed by atoms with Crippen LogP contribution in [0.1, 0.15) is 12.0 Å². The van der Waals surface area contributed by atoms with Crippen LogP contribution >= 0.6 is 11.9 Å². The van der Waals surface area contributed by atoms with E-state index in [4.69, 9.17) is 15.6 Å². The predicted molar refractivity (Wildman–Crippen MR) is 136 cm³/mol. The maximum absolute atomic E-state index is 15.0. The number of hydrogen-bond acceptors (Lipinski definition) is 8. The predicted octanol–water partition coefficient (Wildman–Crippen LogP) is 4.44. The Hall–Kier alpha value is -3.31. The number of benzene rings is 1. The van der Waals surface area contributed by atoms with Gasteiger partial charge in [-0.25, -0.2) is 19.2 Å². The average molecular weight is 499 g/mol. The first-order valence-electron chi connectivity index (χ1n) is 11.4. The lowest BCUT2D eigenvalue weighted by Gasteiger charge is -2.22. The minimum absolute atomic E-state index is 0.0572. The minimum atomic E-state index is -1.24. The van der Waals surface area contributed by atoms with Gasteiger partial charge in [-0.3, -0.25) is 9.62 Å². The van der Waals surface area contributed by atoms with Crippen LogP contribution in [0.3, 0.4) is 0 Å². The number of nitrogen functional groups attached to an aromatic ring is 1. The number of anilines is 3. The van der Waals surface area contributed by atoms with Crippen LogP contribution in [0, 0.1) is 24.6 Å². The van der Waals surface area contributed by atoms with Gasteiger partial charge in [-0.1, -0.05) is 11.9 Å². The van der Waals surface area contributed by atoms with Crippen LogP contribution in [-0.4, -0.2) is 58.0 Å². The summed E-state index contributed by atoms with van der Waals surface area (Å²) in [7, 11) is 0. The molecule has 2 unspecified atom stereocenters. The van der Waals surface area contributed by atoms with Crippen LogP contribution < -0.4 is 21.1 Å². The van der Waals surface area contributed by atoms with E-state index in [1.54, 1.807) is 12.3 Å². The van der Waals surface area contributed by atoms with E-state index < -0.39 is 11.9 Å². The molecule has 2 fully saturated rings. The van der Waals surface area contributed by atoms with Gasteiger partial charge < -0.3 is 20.9 Å². The molecule has 2 aromatic heterocycles. The van der Waals surface area contributed by atoms with Crippen molar-refractivity contribution in [3.63, 3.8) is 0 Å². The van der Waals surface area contributed by atoms with Crippen molar-refractivity contribution >= 4 is 46.0 Å². The molecular formula is C24H27FN6O3S. The van der Waals surface area contributed by atoms with Gasteiger partial charge in [-0.05, 0) is 54.5 Å². The first kappa shape index (κ1) is 23.4. The van der Waals surface area contributed by atoms with Gasteiger partial charge in [0.2, 0.25) is 5.88 Å². The highest BCUT2D eigenvalue weighted by Gasteiger charge is 2.44. The lowest BCUT2D eigenvalue weighted by Crippen LogP contribution is -2.20. The zero-order chi connectivity index (χ0) is 24.7. The van der Waals surface area contributed by atoms with E-state index in [1.165, 1.54) is 31.8 Å². The zero-order valence-electron chi connectivity index (χ0n) is 19.5. The number of amides is 1. The molecule has 1 saturated heterocycles. The zero-order valence-corrected chi connectivity index (χ0v) is 20.3. The molecule has 35 heavy (non-hydrogen) atoms. The molecule has 1 aliphatic carbocycles. The third-order valence-electron chi connectivity index (χ3n) is 6.67. The molecular weight excluding hydrogens is 471 g/mol. The number of halogens is 1. The monoisotopic (exact) mass is 498 g/mol. The summed E-state index contributed by atoms with van der Waals surface area (Å²) in [6, 6.07) is 3.11. The number of carboxylic acid groups (broad SMARTS) is 1. The Labute approximate surface area is 206 Å². The van der Waals surface area contributed by atoms with Crippen molar-refractivity contribution in [3.8, 4) is 17.0 Å². The Bertz CT molecular complexity index is 1300. The van der Waals surface area contributed by atoms with E-state index in [2.05, 4.69) is 31.2 Å². The second kappa shape index (κ2) is 9.38. The van der Waals surface area contributed by atoms with E-state index in [9.17, 15) is 9.18 Å². The van der Waals surface area contributed by atoms with E-state index in [0.29, 0.717) is 35.4 Å². The quantitative estimate of drug-likeness (QED) is 0.306. The molecule has 4 heterocycles. The van der Waals surface area contributed by atoms with E-state index in [-0.39, 0.29) is 17.1 Å². The molecule has 11 heteroatoms. The fraction of sp³-hybridized carbons (Fsp3) is 0.375. The summed E-state index contributed by atoms with van der Waals surface area (Å²) in [6.07, 6.45) is 5.35. The summed E-state index contributed by atoms with van der Waals surface area (Å²) in [5.74, 6) is 2.23. The lowest BCUT2D eigenvalue weighted by atomic mass is 9.97. The Morgan fingerprint density at radius 2 is 2.06 bits per heavy atom. The number of nitrogens with two attached hydrogens (primary N) is 1. The SMILES string of the molecule is CSN1CC2CC2C1.Cc1c(-c2cc3cc(NC(=O)O)ncc3c(N)c2F)cnc2c1NCCO2. The normalized spacial score (nSPS) is 20.1. The molecule has 1 amide bonds. The topological polar surface area (TPSA) is 126 Å². The molecule has 5 N–H and O–H groups in total. The van der Waals surface area contributed by atoms with Gasteiger partial charge in [0.1, 0.15) is 18.1 Å². The van der Waals surface area contributed by atoms with Gasteiger partial charge in [-0.2, -0.15) is 0 Å². The second-order valence-corrected chi connectivity index (χ2v) is 9.79. The molecule has 184 valence electrons. The van der Waals surface area contributed by atoms with Crippen LogP contribution in [0.25, 0.3) is 21.9 Å². The molecule has 6 rings (SSSR count). The molecule has 0 spiro atoms. The smallest absolute Gasteiger partial charge is 0.410 e. The molecule has 2 atom stereocenters. The summed E-state index contributed by atoms with van der Waals surface area (Å²) >= 11 is 1.90. The summed E-state index contributed by atoms with van der Waals surface area (Å²) < 4.78 is 23.0. The van der Waals surface area contributed by atoms with Gasteiger partial charge in [-0.15, -0.1) is 0 Å². The molecule has 2 aliphatic heterocycles. The van der Waals surface area contributed by atoms with Gasteiger partial charge in [0.25, 0.3) is 0 Å². The number of aromatic nitrogens is 2. The Morgan fingerprint density at radius 1 is 1.29 bits per heavy atom. The Balaban J connectivity index is 0.000000265. The average Bonchev–Trinajstić information content (AvgIpc) is 3.46. The first-order valence-corrected chi connectivity index (χ1v) is 12.6. The van der Waals surface area contributed by atoms with Crippen molar-refractivity contribution in [2.75, 3.05) is 48.9 Å². The van der Waals surface area contributed by atoms with Crippen LogP contribution in [0.2, 0.25) is 0 Å². The number of nitrogens with zero attached hydrogens (tertiary/aromatic N) is 3. The highest BCUT2D eigenvalue weighted by atomic mass is 32.2. The van der Waals surface area contributed by atoms with Crippen LogP contribution in [0.5, 0.6) is 5.88 Å². The third kappa shape index (κ3) is 4.65. The number of pyridine rings is 2. The summed E-state index contributed by atoms with van der Waals surface area (Å²) in [4.78, 5) is 19.1. The molecule has 0 radical (unpaired) electrons. The van der Waals surface area contributed by atoms with Crippen molar-refractivity contribution in [1.82, 2.24) is 14.3 Å². The van der Waals surface area contributed by atoms with Crippen molar-refractivity contribution in [1.29, 1.82) is 0 Å². The summed E-state index contributed by atoms with van der Waals surface area (Å²) in [6.45, 7) is 5.73.